The number of nitrogens with zero attached hydrogens (tertiary/aromatic N) is 2. The first-order valence-electron chi connectivity index (χ1n) is 5.70. The number of benzene rings is 1. The first-order valence-corrected chi connectivity index (χ1v) is 5.70. The van der Waals surface area contributed by atoms with Crippen molar-refractivity contribution in [2.45, 2.75) is 0 Å². The number of anilines is 1. The van der Waals surface area contributed by atoms with E-state index in [1.165, 1.54) is 0 Å². The maximum atomic E-state index is 5.43. The zero-order valence-corrected chi connectivity index (χ0v) is 10.8. The van der Waals surface area contributed by atoms with Crippen molar-refractivity contribution < 1.29 is 9.47 Å². The van der Waals surface area contributed by atoms with Crippen molar-refractivity contribution in [1.29, 1.82) is 0 Å². The summed E-state index contributed by atoms with van der Waals surface area (Å²) in [6, 6.07) is 5.70. The van der Waals surface area contributed by atoms with Crippen LogP contribution in [0, 0.1) is 0 Å². The van der Waals surface area contributed by atoms with Crippen molar-refractivity contribution in [1.82, 2.24) is 9.97 Å². The third kappa shape index (κ3) is 3.22. The van der Waals surface area contributed by atoms with Crippen molar-refractivity contribution in [3.8, 4) is 11.5 Å². The van der Waals surface area contributed by atoms with Crippen LogP contribution in [-0.2, 0) is 0 Å². The molecule has 0 amide bonds. The Balaban J connectivity index is 2.21. The molecule has 19 heavy (non-hydrogen) atoms. The van der Waals surface area contributed by atoms with Gasteiger partial charge in [-0.1, -0.05) is 18.2 Å². The van der Waals surface area contributed by atoms with Gasteiger partial charge in [0.15, 0.2) is 11.5 Å². The number of aromatic nitrogens is 2. The molecule has 1 aromatic heterocycles. The maximum absolute atomic E-state index is 5.43. The second-order valence-corrected chi connectivity index (χ2v) is 3.82. The molecule has 0 saturated carbocycles. The van der Waals surface area contributed by atoms with Crippen molar-refractivity contribution in [3.05, 3.63) is 41.7 Å². The smallest absolute Gasteiger partial charge is 0.219 e. The third-order valence-electron chi connectivity index (χ3n) is 2.57. The Morgan fingerprint density at radius 2 is 1.58 bits per heavy atom. The van der Waals surface area contributed by atoms with Gasteiger partial charge < -0.3 is 15.2 Å². The molecule has 0 aliphatic rings. The van der Waals surface area contributed by atoms with E-state index in [0.717, 1.165) is 11.1 Å². The summed E-state index contributed by atoms with van der Waals surface area (Å²) in [7, 11) is 3.22. The number of hydrogen-bond acceptors (Lipinski definition) is 5. The minimum atomic E-state index is 0.267. The van der Waals surface area contributed by atoms with Crippen LogP contribution in [0.15, 0.2) is 30.6 Å². The molecular formula is C14H15N3O2. The van der Waals surface area contributed by atoms with Crippen LogP contribution in [-0.4, -0.2) is 24.2 Å². The number of methoxy groups -OCH3 is 2. The molecule has 0 fully saturated rings. The number of hydrogen-bond donors (Lipinski definition) is 1. The molecule has 5 nitrogen and oxygen atoms in total. The van der Waals surface area contributed by atoms with E-state index in [2.05, 4.69) is 9.97 Å². The van der Waals surface area contributed by atoms with Crippen LogP contribution in [0.5, 0.6) is 11.5 Å². The first-order chi connectivity index (χ1) is 9.22. The van der Waals surface area contributed by atoms with E-state index < -0.39 is 0 Å². The maximum Gasteiger partial charge on any atom is 0.219 e. The zero-order valence-electron chi connectivity index (χ0n) is 10.8. The second-order valence-electron chi connectivity index (χ2n) is 3.82. The largest absolute Gasteiger partial charge is 0.493 e. The minimum Gasteiger partial charge on any atom is -0.493 e. The number of nitrogen functional groups attached to an aromatic ring is 1. The number of ether oxygens (including phenoxy) is 2. The Morgan fingerprint density at radius 3 is 2.21 bits per heavy atom. The standard InChI is InChI=1S/C14H15N3O2/c1-18-12-6-5-10(7-13(12)19-2)3-4-11-8-16-14(15)17-9-11/h3-9H,1-2H3,(H2,15,16,17)/b4-3+. The topological polar surface area (TPSA) is 70.3 Å². The Hall–Kier alpha value is -2.56. The Morgan fingerprint density at radius 1 is 0.947 bits per heavy atom. The van der Waals surface area contributed by atoms with E-state index in [9.17, 15) is 0 Å². The average Bonchev–Trinajstić information content (AvgIpc) is 2.46. The third-order valence-corrected chi connectivity index (χ3v) is 2.57. The van der Waals surface area contributed by atoms with E-state index in [1.807, 2.05) is 30.4 Å². The molecule has 0 aliphatic heterocycles. The van der Waals surface area contributed by atoms with E-state index in [4.69, 9.17) is 15.2 Å². The van der Waals surface area contributed by atoms with Gasteiger partial charge in [0.1, 0.15) is 0 Å². The van der Waals surface area contributed by atoms with Gasteiger partial charge in [-0.3, -0.25) is 0 Å². The summed E-state index contributed by atoms with van der Waals surface area (Å²) in [6.07, 6.45) is 7.18. The predicted octanol–water partition coefficient (Wildman–Crippen LogP) is 2.25. The quantitative estimate of drug-likeness (QED) is 0.909. The monoisotopic (exact) mass is 257 g/mol. The lowest BCUT2D eigenvalue weighted by Gasteiger charge is -2.07. The van der Waals surface area contributed by atoms with Gasteiger partial charge >= 0.3 is 0 Å². The fourth-order valence-corrected chi connectivity index (χ4v) is 1.58. The number of rotatable bonds is 4. The summed E-state index contributed by atoms with van der Waals surface area (Å²) < 4.78 is 10.4. The van der Waals surface area contributed by atoms with Crippen LogP contribution in [0.1, 0.15) is 11.1 Å². The molecule has 0 spiro atoms. The van der Waals surface area contributed by atoms with Crippen LogP contribution in [0.2, 0.25) is 0 Å². The predicted molar refractivity (Wildman–Crippen MR) is 74.9 cm³/mol. The van der Waals surface area contributed by atoms with Gasteiger partial charge in [-0.15, -0.1) is 0 Å². The van der Waals surface area contributed by atoms with Gasteiger partial charge in [0.05, 0.1) is 14.2 Å². The lowest BCUT2D eigenvalue weighted by Crippen LogP contribution is -1.93. The van der Waals surface area contributed by atoms with Crippen LogP contribution in [0.3, 0.4) is 0 Å². The Bertz CT molecular complexity index is 580. The second kappa shape index (κ2) is 5.86. The lowest BCUT2D eigenvalue weighted by molar-refractivity contribution is 0.355. The highest BCUT2D eigenvalue weighted by Crippen LogP contribution is 2.28. The Kier molecular flexibility index (Phi) is 3.97. The number of nitrogens with two attached hydrogens (primary N) is 1. The summed E-state index contributed by atoms with van der Waals surface area (Å²) >= 11 is 0. The summed E-state index contributed by atoms with van der Waals surface area (Å²) in [6.45, 7) is 0. The van der Waals surface area contributed by atoms with Crippen molar-refractivity contribution >= 4 is 18.1 Å². The first kappa shape index (κ1) is 12.9. The van der Waals surface area contributed by atoms with Crippen molar-refractivity contribution in [2.75, 3.05) is 20.0 Å². The molecule has 1 aromatic carbocycles. The van der Waals surface area contributed by atoms with Crippen molar-refractivity contribution in [2.24, 2.45) is 0 Å². The molecule has 2 N–H and O–H groups in total. The van der Waals surface area contributed by atoms with Gasteiger partial charge in [0.2, 0.25) is 5.95 Å². The fraction of sp³-hybridized carbons (Fsp3) is 0.143. The fourth-order valence-electron chi connectivity index (χ4n) is 1.58. The molecule has 0 atom stereocenters. The SMILES string of the molecule is COc1ccc(/C=C/c2cnc(N)nc2)cc1OC. The molecule has 0 saturated heterocycles. The summed E-state index contributed by atoms with van der Waals surface area (Å²) in [5, 5.41) is 0. The minimum absolute atomic E-state index is 0.267. The van der Waals surface area contributed by atoms with Gasteiger partial charge in [0.25, 0.3) is 0 Å². The van der Waals surface area contributed by atoms with E-state index in [0.29, 0.717) is 11.5 Å². The summed E-state index contributed by atoms with van der Waals surface area (Å²) in [5.74, 6) is 1.66. The van der Waals surface area contributed by atoms with Gasteiger partial charge in [-0.05, 0) is 17.7 Å². The molecule has 0 bridgehead atoms. The highest BCUT2D eigenvalue weighted by molar-refractivity contribution is 5.70. The molecule has 5 heteroatoms. The van der Waals surface area contributed by atoms with E-state index >= 15 is 0 Å². The average molecular weight is 257 g/mol. The lowest BCUT2D eigenvalue weighted by atomic mass is 10.1. The molecule has 2 rings (SSSR count). The zero-order chi connectivity index (χ0) is 13.7. The molecule has 98 valence electrons. The highest BCUT2D eigenvalue weighted by Gasteiger charge is 2.02. The molecule has 2 aromatic rings. The molecule has 0 aliphatic carbocycles. The van der Waals surface area contributed by atoms with Gasteiger partial charge in [0, 0.05) is 18.0 Å². The van der Waals surface area contributed by atoms with Crippen molar-refractivity contribution in [3.63, 3.8) is 0 Å². The normalized spacial score (nSPS) is 10.6. The molecule has 0 unspecified atom stereocenters. The van der Waals surface area contributed by atoms with E-state index in [-0.39, 0.29) is 5.95 Å². The van der Waals surface area contributed by atoms with Gasteiger partial charge in [-0.25, -0.2) is 9.97 Å². The van der Waals surface area contributed by atoms with E-state index in [1.54, 1.807) is 26.6 Å². The van der Waals surface area contributed by atoms with Crippen LogP contribution < -0.4 is 15.2 Å². The molecule has 1 heterocycles. The van der Waals surface area contributed by atoms with Gasteiger partial charge in [-0.2, -0.15) is 0 Å². The molecular weight excluding hydrogens is 242 g/mol. The van der Waals surface area contributed by atoms with Crippen LogP contribution in [0.4, 0.5) is 5.95 Å². The molecule has 0 radical (unpaired) electrons. The summed E-state index contributed by atoms with van der Waals surface area (Å²) in [5.41, 5.74) is 7.30. The Labute approximate surface area is 111 Å². The van der Waals surface area contributed by atoms with Crippen LogP contribution >= 0.6 is 0 Å². The van der Waals surface area contributed by atoms with Crippen LogP contribution in [0.25, 0.3) is 12.2 Å². The highest BCUT2D eigenvalue weighted by atomic mass is 16.5. The summed E-state index contributed by atoms with van der Waals surface area (Å²) in [4.78, 5) is 7.85.